The molecule has 2 aromatic rings. The minimum Gasteiger partial charge on any atom is -0.265 e. The number of piperidine rings is 1. The Labute approximate surface area is 167 Å². The molecular weight excluding hydrogens is 398 g/mol. The van der Waals surface area contributed by atoms with Crippen LogP contribution in [0.4, 0.5) is 0 Å². The van der Waals surface area contributed by atoms with E-state index in [4.69, 9.17) is 4.18 Å². The Balaban J connectivity index is 1.80. The summed E-state index contributed by atoms with van der Waals surface area (Å²) < 4.78 is 57.9. The van der Waals surface area contributed by atoms with Crippen LogP contribution in [0, 0.1) is 13.8 Å². The van der Waals surface area contributed by atoms with E-state index in [9.17, 15) is 16.8 Å². The van der Waals surface area contributed by atoms with Crippen LogP contribution in [-0.2, 0) is 24.3 Å². The van der Waals surface area contributed by atoms with Crippen molar-refractivity contribution < 1.29 is 21.0 Å². The summed E-state index contributed by atoms with van der Waals surface area (Å²) >= 11 is 0. The molecule has 1 unspecified atom stereocenters. The molecule has 0 radical (unpaired) electrons. The average molecular weight is 424 g/mol. The highest BCUT2D eigenvalue weighted by Crippen LogP contribution is 2.27. The molecule has 0 bridgehead atoms. The lowest BCUT2D eigenvalue weighted by Gasteiger charge is -2.34. The molecule has 6 nitrogen and oxygen atoms in total. The Morgan fingerprint density at radius 1 is 0.929 bits per heavy atom. The van der Waals surface area contributed by atoms with E-state index in [1.165, 1.54) is 16.4 Å². The molecule has 1 aliphatic heterocycles. The van der Waals surface area contributed by atoms with Crippen LogP contribution in [0.3, 0.4) is 0 Å². The van der Waals surface area contributed by atoms with Crippen LogP contribution < -0.4 is 0 Å². The molecule has 1 aliphatic rings. The van der Waals surface area contributed by atoms with Crippen LogP contribution in [0.5, 0.6) is 0 Å². The monoisotopic (exact) mass is 423 g/mol. The van der Waals surface area contributed by atoms with Gasteiger partial charge in [0.15, 0.2) is 0 Å². The zero-order chi connectivity index (χ0) is 20.4. The smallest absolute Gasteiger partial charge is 0.265 e. The van der Waals surface area contributed by atoms with Gasteiger partial charge in [0.1, 0.15) is 0 Å². The van der Waals surface area contributed by atoms with Gasteiger partial charge in [-0.3, -0.25) is 4.18 Å². The van der Waals surface area contributed by atoms with E-state index < -0.39 is 26.2 Å². The lowest BCUT2D eigenvalue weighted by atomic mass is 10.1. The predicted octanol–water partition coefficient (Wildman–Crippen LogP) is 3.25. The van der Waals surface area contributed by atoms with Crippen molar-refractivity contribution in [1.82, 2.24) is 4.31 Å². The number of benzene rings is 2. The number of hydrogen-bond donors (Lipinski definition) is 0. The third-order valence-corrected chi connectivity index (χ3v) is 8.09. The molecule has 1 heterocycles. The lowest BCUT2D eigenvalue weighted by molar-refractivity contribution is 0.172. The number of aryl methyl sites for hydroxylation is 2. The fraction of sp³-hybridized carbons (Fsp3) is 0.400. The fourth-order valence-electron chi connectivity index (χ4n) is 3.38. The van der Waals surface area contributed by atoms with Crippen LogP contribution in [0.25, 0.3) is 0 Å². The van der Waals surface area contributed by atoms with Gasteiger partial charge >= 0.3 is 0 Å². The van der Waals surface area contributed by atoms with E-state index in [1.54, 1.807) is 37.3 Å². The average Bonchev–Trinajstić information content (AvgIpc) is 2.67. The maximum Gasteiger partial charge on any atom is 0.297 e. The molecule has 2 aromatic carbocycles. The zero-order valence-electron chi connectivity index (χ0n) is 16.0. The maximum atomic E-state index is 13.1. The second-order valence-electron chi connectivity index (χ2n) is 7.14. The summed E-state index contributed by atoms with van der Waals surface area (Å²) in [6.07, 6.45) is 2.14. The molecule has 1 saturated heterocycles. The minimum atomic E-state index is -3.94. The highest BCUT2D eigenvalue weighted by molar-refractivity contribution is 7.89. The molecule has 0 spiro atoms. The van der Waals surface area contributed by atoms with Crippen LogP contribution in [0.1, 0.15) is 30.4 Å². The quantitative estimate of drug-likeness (QED) is 0.666. The second kappa shape index (κ2) is 8.32. The van der Waals surface area contributed by atoms with Gasteiger partial charge in [-0.25, -0.2) is 8.42 Å². The van der Waals surface area contributed by atoms with Gasteiger partial charge in [0.25, 0.3) is 10.1 Å². The summed E-state index contributed by atoms with van der Waals surface area (Å²) in [6, 6.07) is 12.7. The number of sulfonamides is 1. The van der Waals surface area contributed by atoms with E-state index in [-0.39, 0.29) is 16.4 Å². The van der Waals surface area contributed by atoms with Crippen LogP contribution in [0.2, 0.25) is 0 Å². The molecular formula is C20H25NO5S2. The minimum absolute atomic E-state index is 0.0800. The van der Waals surface area contributed by atoms with Gasteiger partial charge in [0, 0.05) is 12.6 Å². The molecule has 0 aromatic heterocycles. The van der Waals surface area contributed by atoms with Crippen molar-refractivity contribution >= 4 is 20.1 Å². The summed E-state index contributed by atoms with van der Waals surface area (Å²) in [5.41, 5.74) is 1.67. The normalized spacial score (nSPS) is 18.9. The van der Waals surface area contributed by atoms with E-state index in [1.807, 2.05) is 13.0 Å². The Hall–Kier alpha value is -1.74. The van der Waals surface area contributed by atoms with Gasteiger partial charge in [-0.05, 0) is 62.1 Å². The van der Waals surface area contributed by atoms with Crippen molar-refractivity contribution in [2.75, 3.05) is 13.2 Å². The largest absolute Gasteiger partial charge is 0.297 e. The number of rotatable bonds is 6. The van der Waals surface area contributed by atoms with Crippen molar-refractivity contribution in [3.63, 3.8) is 0 Å². The predicted molar refractivity (Wildman–Crippen MR) is 107 cm³/mol. The lowest BCUT2D eigenvalue weighted by Crippen LogP contribution is -2.46. The van der Waals surface area contributed by atoms with Crippen molar-refractivity contribution in [2.24, 2.45) is 0 Å². The van der Waals surface area contributed by atoms with E-state index in [0.717, 1.165) is 24.0 Å². The first-order valence-electron chi connectivity index (χ1n) is 9.25. The highest BCUT2D eigenvalue weighted by Gasteiger charge is 2.34. The van der Waals surface area contributed by atoms with Crippen molar-refractivity contribution in [3.8, 4) is 0 Å². The summed E-state index contributed by atoms with van der Waals surface area (Å²) in [7, 11) is -7.66. The van der Waals surface area contributed by atoms with E-state index in [0.29, 0.717) is 13.0 Å². The Kier molecular flexibility index (Phi) is 6.24. The van der Waals surface area contributed by atoms with Gasteiger partial charge in [-0.2, -0.15) is 12.7 Å². The van der Waals surface area contributed by atoms with Crippen LogP contribution >= 0.6 is 0 Å². The first kappa shape index (κ1) is 21.0. The zero-order valence-corrected chi connectivity index (χ0v) is 17.7. The molecule has 1 fully saturated rings. The molecule has 28 heavy (non-hydrogen) atoms. The van der Waals surface area contributed by atoms with E-state index in [2.05, 4.69) is 0 Å². The Morgan fingerprint density at radius 3 is 2.18 bits per heavy atom. The highest BCUT2D eigenvalue weighted by atomic mass is 32.2. The molecule has 152 valence electrons. The number of nitrogens with zero attached hydrogens (tertiary/aromatic N) is 1. The topological polar surface area (TPSA) is 80.8 Å². The summed E-state index contributed by atoms with van der Waals surface area (Å²) in [6.45, 7) is 3.80. The fourth-order valence-corrected chi connectivity index (χ4v) is 6.21. The Morgan fingerprint density at radius 2 is 1.54 bits per heavy atom. The third kappa shape index (κ3) is 4.63. The van der Waals surface area contributed by atoms with Gasteiger partial charge in [-0.15, -0.1) is 0 Å². The SMILES string of the molecule is Cc1cccc(S(=O)(=O)OCC2CCCCN2S(=O)(=O)c2cccc(C)c2)c1. The van der Waals surface area contributed by atoms with Crippen molar-refractivity contribution in [3.05, 3.63) is 59.7 Å². The molecule has 0 aliphatic carbocycles. The van der Waals surface area contributed by atoms with E-state index >= 15 is 0 Å². The maximum absolute atomic E-state index is 13.1. The molecule has 0 N–H and O–H groups in total. The molecule has 8 heteroatoms. The van der Waals surface area contributed by atoms with Crippen molar-refractivity contribution in [2.45, 2.75) is 48.9 Å². The summed E-state index contributed by atoms with van der Waals surface area (Å²) in [4.78, 5) is 0.303. The van der Waals surface area contributed by atoms with Gasteiger partial charge in [-0.1, -0.05) is 30.7 Å². The molecule has 0 amide bonds. The van der Waals surface area contributed by atoms with Gasteiger partial charge in [0.05, 0.1) is 16.4 Å². The molecule has 3 rings (SSSR count). The summed E-state index contributed by atoms with van der Waals surface area (Å²) in [5, 5.41) is 0. The standard InChI is InChI=1S/C20H25NO5S2/c1-16-7-5-10-19(13-16)27(22,23)21-12-4-3-9-18(21)15-26-28(24,25)20-11-6-8-17(2)14-20/h5-8,10-11,13-14,18H,3-4,9,12,15H2,1-2H3. The number of hydrogen-bond acceptors (Lipinski definition) is 5. The Bertz CT molecular complexity index is 1050. The van der Waals surface area contributed by atoms with Crippen LogP contribution in [0.15, 0.2) is 58.3 Å². The van der Waals surface area contributed by atoms with Crippen LogP contribution in [-0.4, -0.2) is 40.3 Å². The third-order valence-electron chi connectivity index (χ3n) is 4.86. The van der Waals surface area contributed by atoms with Gasteiger partial charge in [0.2, 0.25) is 10.0 Å². The van der Waals surface area contributed by atoms with Crippen molar-refractivity contribution in [1.29, 1.82) is 0 Å². The first-order chi connectivity index (χ1) is 13.2. The first-order valence-corrected chi connectivity index (χ1v) is 12.1. The summed E-state index contributed by atoms with van der Waals surface area (Å²) in [5.74, 6) is 0. The van der Waals surface area contributed by atoms with Gasteiger partial charge < -0.3 is 0 Å². The molecule has 1 atom stereocenters. The second-order valence-corrected chi connectivity index (χ2v) is 10.6. The molecule has 0 saturated carbocycles.